The smallest absolute Gasteiger partial charge is 0.263 e. The first-order chi connectivity index (χ1) is 16.0. The maximum Gasteiger partial charge on any atom is 0.263 e. The van der Waals surface area contributed by atoms with Crippen LogP contribution in [0.1, 0.15) is 34.6 Å². The van der Waals surface area contributed by atoms with Gasteiger partial charge in [0.1, 0.15) is 5.56 Å². The van der Waals surface area contributed by atoms with Crippen molar-refractivity contribution in [3.8, 4) is 5.69 Å². The van der Waals surface area contributed by atoms with E-state index in [-0.39, 0.29) is 16.9 Å². The molecule has 0 saturated heterocycles. The quantitative estimate of drug-likeness (QED) is 0.447. The fourth-order valence-electron chi connectivity index (χ4n) is 4.18. The number of nitrogen functional groups attached to an aromatic ring is 1. The first-order valence-corrected chi connectivity index (χ1v) is 10.6. The third kappa shape index (κ3) is 3.41. The van der Waals surface area contributed by atoms with Gasteiger partial charge >= 0.3 is 0 Å². The Labute approximate surface area is 189 Å². The van der Waals surface area contributed by atoms with Crippen LogP contribution in [0.4, 0.5) is 5.82 Å². The summed E-state index contributed by atoms with van der Waals surface area (Å²) in [6.45, 7) is 3.76. The van der Waals surface area contributed by atoms with Crippen molar-refractivity contribution in [2.75, 3.05) is 5.73 Å². The van der Waals surface area contributed by atoms with Crippen LogP contribution in [0.2, 0.25) is 0 Å². The number of hydrogen-bond donors (Lipinski definition) is 2. The average molecular weight is 438 g/mol. The summed E-state index contributed by atoms with van der Waals surface area (Å²) in [5.74, 6) is -0.321. The van der Waals surface area contributed by atoms with Crippen LogP contribution in [0.15, 0.2) is 77.9 Å². The van der Waals surface area contributed by atoms with E-state index in [9.17, 15) is 9.59 Å². The molecule has 3 N–H and O–H groups in total. The van der Waals surface area contributed by atoms with Crippen molar-refractivity contribution in [2.45, 2.75) is 19.9 Å². The molecule has 1 atom stereocenters. The first-order valence-electron chi connectivity index (χ1n) is 10.6. The molecule has 3 aromatic heterocycles. The fourth-order valence-corrected chi connectivity index (χ4v) is 4.18. The summed E-state index contributed by atoms with van der Waals surface area (Å²) in [6.07, 6.45) is 3.26. The topological polar surface area (TPSA) is 107 Å². The Morgan fingerprint density at radius 3 is 2.67 bits per heavy atom. The fraction of sp³-hybridized carbons (Fsp3) is 0.120. The van der Waals surface area contributed by atoms with Gasteiger partial charge < -0.3 is 11.1 Å². The molecule has 1 unspecified atom stereocenters. The molecule has 0 aliphatic rings. The zero-order valence-corrected chi connectivity index (χ0v) is 18.2. The van der Waals surface area contributed by atoms with Crippen LogP contribution >= 0.6 is 0 Å². The molecule has 3 heterocycles. The van der Waals surface area contributed by atoms with E-state index in [0.29, 0.717) is 16.7 Å². The van der Waals surface area contributed by atoms with Crippen LogP contribution in [0.5, 0.6) is 0 Å². The molecule has 0 fully saturated rings. The third-order valence-corrected chi connectivity index (χ3v) is 5.74. The van der Waals surface area contributed by atoms with Gasteiger partial charge in [0.05, 0.1) is 11.4 Å². The molecule has 0 aliphatic heterocycles. The molecule has 8 heteroatoms. The van der Waals surface area contributed by atoms with Crippen molar-refractivity contribution in [3.05, 3.63) is 100 Å². The number of fused-ring (bicyclic) bond motifs is 2. The molecule has 33 heavy (non-hydrogen) atoms. The normalized spacial score (nSPS) is 12.2. The average Bonchev–Trinajstić information content (AvgIpc) is 3.15. The predicted octanol–water partition coefficient (Wildman–Crippen LogP) is 3.42. The highest BCUT2D eigenvalue weighted by atomic mass is 16.2. The van der Waals surface area contributed by atoms with Crippen molar-refractivity contribution >= 4 is 28.1 Å². The molecule has 0 spiro atoms. The summed E-state index contributed by atoms with van der Waals surface area (Å²) in [5.41, 5.74) is 8.73. The van der Waals surface area contributed by atoms with Gasteiger partial charge in [0, 0.05) is 23.8 Å². The van der Waals surface area contributed by atoms with Crippen LogP contribution in [0.25, 0.3) is 22.1 Å². The van der Waals surface area contributed by atoms with Gasteiger partial charge in [-0.25, -0.2) is 9.50 Å². The summed E-state index contributed by atoms with van der Waals surface area (Å²) in [7, 11) is 0. The highest BCUT2D eigenvalue weighted by Crippen LogP contribution is 2.24. The summed E-state index contributed by atoms with van der Waals surface area (Å²) in [6, 6.07) is 18.3. The number of anilines is 1. The number of carbonyl (C=O) groups excluding carboxylic acids is 1. The van der Waals surface area contributed by atoms with Gasteiger partial charge in [0.15, 0.2) is 11.5 Å². The highest BCUT2D eigenvalue weighted by Gasteiger charge is 2.23. The van der Waals surface area contributed by atoms with E-state index in [1.807, 2.05) is 68.4 Å². The lowest BCUT2D eigenvalue weighted by Crippen LogP contribution is -2.32. The van der Waals surface area contributed by atoms with Gasteiger partial charge in [-0.2, -0.15) is 0 Å². The number of rotatable bonds is 4. The van der Waals surface area contributed by atoms with Crippen molar-refractivity contribution in [1.29, 1.82) is 0 Å². The Balaban J connectivity index is 1.64. The van der Waals surface area contributed by atoms with Crippen molar-refractivity contribution < 1.29 is 4.79 Å². The number of nitrogens with one attached hydrogen (secondary N) is 1. The largest absolute Gasteiger partial charge is 0.381 e. The van der Waals surface area contributed by atoms with Crippen LogP contribution in [-0.2, 0) is 0 Å². The number of hydrogen-bond acceptors (Lipinski definition) is 5. The third-order valence-electron chi connectivity index (χ3n) is 5.74. The number of amides is 1. The molecule has 5 aromatic rings. The lowest BCUT2D eigenvalue weighted by molar-refractivity contribution is 0.0941. The summed E-state index contributed by atoms with van der Waals surface area (Å²) < 4.78 is 3.12. The number of nitrogens with zero attached hydrogens (tertiary/aromatic N) is 4. The van der Waals surface area contributed by atoms with E-state index in [1.54, 1.807) is 23.0 Å². The molecule has 0 bridgehead atoms. The number of aromatic nitrogens is 4. The minimum atomic E-state index is -0.506. The summed E-state index contributed by atoms with van der Waals surface area (Å²) in [5, 5.41) is 8.61. The molecule has 1 amide bonds. The van der Waals surface area contributed by atoms with E-state index in [4.69, 9.17) is 5.73 Å². The van der Waals surface area contributed by atoms with E-state index < -0.39 is 11.9 Å². The second-order valence-electron chi connectivity index (χ2n) is 7.93. The van der Waals surface area contributed by atoms with Crippen molar-refractivity contribution in [3.63, 3.8) is 0 Å². The van der Waals surface area contributed by atoms with Gasteiger partial charge in [-0.3, -0.25) is 14.2 Å². The van der Waals surface area contributed by atoms with Gasteiger partial charge in [-0.1, -0.05) is 36.4 Å². The Morgan fingerprint density at radius 2 is 1.88 bits per heavy atom. The lowest BCUT2D eigenvalue weighted by atomic mass is 10.0. The molecule has 0 radical (unpaired) electrons. The second-order valence-corrected chi connectivity index (χ2v) is 7.93. The van der Waals surface area contributed by atoms with Gasteiger partial charge in [-0.05, 0) is 49.1 Å². The van der Waals surface area contributed by atoms with E-state index in [1.165, 1.54) is 4.52 Å². The predicted molar refractivity (Wildman–Crippen MR) is 128 cm³/mol. The Morgan fingerprint density at radius 1 is 1.09 bits per heavy atom. The second kappa shape index (κ2) is 7.90. The number of benzene rings is 2. The number of para-hydroxylation sites is 1. The summed E-state index contributed by atoms with van der Waals surface area (Å²) in [4.78, 5) is 31.1. The maximum atomic E-state index is 13.6. The van der Waals surface area contributed by atoms with Crippen LogP contribution in [0.3, 0.4) is 0 Å². The first kappa shape index (κ1) is 20.4. The molecular formula is C25H22N6O2. The van der Waals surface area contributed by atoms with Crippen molar-refractivity contribution in [2.24, 2.45) is 0 Å². The zero-order chi connectivity index (χ0) is 23.1. The minimum Gasteiger partial charge on any atom is -0.381 e. The number of carbonyl (C=O) groups is 1. The monoisotopic (exact) mass is 438 g/mol. The van der Waals surface area contributed by atoms with Crippen molar-refractivity contribution in [1.82, 2.24) is 24.5 Å². The number of pyridine rings is 1. The van der Waals surface area contributed by atoms with E-state index in [0.717, 1.165) is 16.6 Å². The number of aryl methyl sites for hydroxylation is 1. The lowest BCUT2D eigenvalue weighted by Gasteiger charge is -2.21. The maximum absolute atomic E-state index is 13.6. The molecule has 5 rings (SSSR count). The van der Waals surface area contributed by atoms with E-state index in [2.05, 4.69) is 15.4 Å². The number of nitrogens with two attached hydrogens (primary N) is 1. The summed E-state index contributed by atoms with van der Waals surface area (Å²) >= 11 is 0. The molecule has 2 aromatic carbocycles. The standard InChI is InChI=1S/C25H22N6O2/c1-15-8-6-9-17-14-19(31(25(33)20(15)17)18-10-4-3-5-11-18)16(2)28-24(32)21-22(26)29-30-13-7-12-27-23(21)30/h3-14,16H,1-2H3,(H2,26,29)(H,28,32). The Hall–Kier alpha value is -4.46. The van der Waals surface area contributed by atoms with Crippen LogP contribution < -0.4 is 16.6 Å². The minimum absolute atomic E-state index is 0.0907. The van der Waals surface area contributed by atoms with Crippen LogP contribution in [0, 0.1) is 6.92 Å². The molecule has 8 nitrogen and oxygen atoms in total. The SMILES string of the molecule is Cc1cccc2cc(C(C)NC(=O)c3c(N)nn4cccnc34)n(-c3ccccc3)c(=O)c12. The highest BCUT2D eigenvalue weighted by molar-refractivity contribution is 6.04. The van der Waals surface area contributed by atoms with Crippen LogP contribution in [-0.4, -0.2) is 25.1 Å². The molecule has 164 valence electrons. The molecule has 0 aliphatic carbocycles. The molecule has 0 saturated carbocycles. The van der Waals surface area contributed by atoms with Gasteiger partial charge in [0.25, 0.3) is 11.5 Å². The van der Waals surface area contributed by atoms with Gasteiger partial charge in [0.2, 0.25) is 0 Å². The Bertz CT molecular complexity index is 1570. The van der Waals surface area contributed by atoms with Gasteiger partial charge in [-0.15, -0.1) is 5.10 Å². The van der Waals surface area contributed by atoms with E-state index >= 15 is 0 Å². The zero-order valence-electron chi connectivity index (χ0n) is 18.2. The Kier molecular flexibility index (Phi) is 4.90. The molecular weight excluding hydrogens is 416 g/mol.